The topological polar surface area (TPSA) is 79.4 Å². The largest absolute Gasteiger partial charge is 0.320 e. The van der Waals surface area contributed by atoms with Crippen molar-refractivity contribution in [3.05, 3.63) is 35.8 Å². The van der Waals surface area contributed by atoms with E-state index in [0.29, 0.717) is 5.69 Å². The van der Waals surface area contributed by atoms with E-state index >= 15 is 0 Å². The number of carbonyl (C=O) groups is 3. The number of rotatable bonds is 1. The van der Waals surface area contributed by atoms with Gasteiger partial charge in [-0.15, -0.1) is 0 Å². The van der Waals surface area contributed by atoms with E-state index in [2.05, 4.69) is 10.3 Å². The quantitative estimate of drug-likeness (QED) is 0.702. The number of piperazine rings is 1. The van der Waals surface area contributed by atoms with Crippen molar-refractivity contribution in [2.75, 3.05) is 6.54 Å². The van der Waals surface area contributed by atoms with E-state index in [1.807, 2.05) is 0 Å². The molecule has 18 heavy (non-hydrogen) atoms. The number of amides is 3. The van der Waals surface area contributed by atoms with Crippen LogP contribution in [0, 0.1) is 0 Å². The molecule has 1 saturated heterocycles. The molecule has 0 aliphatic carbocycles. The summed E-state index contributed by atoms with van der Waals surface area (Å²) >= 11 is 0. The zero-order valence-electron chi connectivity index (χ0n) is 9.71. The van der Waals surface area contributed by atoms with E-state index in [-0.39, 0.29) is 12.2 Å². The molecule has 0 radical (unpaired) electrons. The summed E-state index contributed by atoms with van der Waals surface area (Å²) in [5.41, 5.74) is 0.590. The molecule has 2 rings (SSSR count). The van der Waals surface area contributed by atoms with Gasteiger partial charge in [-0.25, -0.2) is 0 Å². The first-order chi connectivity index (χ1) is 8.58. The predicted molar refractivity (Wildman–Crippen MR) is 62.8 cm³/mol. The number of pyridine rings is 1. The molecule has 3 amide bonds. The fraction of sp³-hybridized carbons (Fsp3) is 0.167. The van der Waals surface area contributed by atoms with Gasteiger partial charge in [-0.2, -0.15) is 0 Å². The van der Waals surface area contributed by atoms with Gasteiger partial charge in [0.2, 0.25) is 11.8 Å². The molecule has 0 aromatic carbocycles. The number of nitrogens with one attached hydrogen (secondary N) is 1. The Kier molecular flexibility index (Phi) is 3.18. The lowest BCUT2D eigenvalue weighted by Gasteiger charge is -2.25. The van der Waals surface area contributed by atoms with Gasteiger partial charge in [0.15, 0.2) is 0 Å². The highest BCUT2D eigenvalue weighted by atomic mass is 16.2. The maximum absolute atomic E-state index is 11.9. The number of aromatic nitrogens is 1. The van der Waals surface area contributed by atoms with Gasteiger partial charge < -0.3 is 5.32 Å². The van der Waals surface area contributed by atoms with Crippen LogP contribution < -0.4 is 5.32 Å². The third-order valence-electron chi connectivity index (χ3n) is 2.41. The highest BCUT2D eigenvalue weighted by molar-refractivity contribution is 6.12. The fourth-order valence-electron chi connectivity index (χ4n) is 1.57. The van der Waals surface area contributed by atoms with Crippen molar-refractivity contribution < 1.29 is 14.4 Å². The molecule has 2 heterocycles. The Morgan fingerprint density at radius 2 is 2.22 bits per heavy atom. The lowest BCUT2D eigenvalue weighted by Crippen LogP contribution is -2.51. The molecule has 6 nitrogen and oxygen atoms in total. The molecule has 1 aliphatic rings. The van der Waals surface area contributed by atoms with Crippen LogP contribution in [-0.4, -0.2) is 34.2 Å². The summed E-state index contributed by atoms with van der Waals surface area (Å²) in [4.78, 5) is 39.5. The van der Waals surface area contributed by atoms with Gasteiger partial charge in [-0.05, 0) is 18.2 Å². The first-order valence-electron chi connectivity index (χ1n) is 5.33. The van der Waals surface area contributed by atoms with Crippen LogP contribution in [0.2, 0.25) is 0 Å². The summed E-state index contributed by atoms with van der Waals surface area (Å²) in [6.07, 6.45) is 3.01. The predicted octanol–water partition coefficient (Wildman–Crippen LogP) is -0.0726. The van der Waals surface area contributed by atoms with E-state index in [4.69, 9.17) is 0 Å². The molecular formula is C12H11N3O3. The number of imide groups is 1. The molecule has 0 spiro atoms. The Morgan fingerprint density at radius 1 is 1.44 bits per heavy atom. The first kappa shape index (κ1) is 12.0. The number of hydrogen-bond donors (Lipinski definition) is 1. The Hall–Kier alpha value is -2.50. The molecule has 0 bridgehead atoms. The first-order valence-corrected chi connectivity index (χ1v) is 5.33. The van der Waals surface area contributed by atoms with E-state index < -0.39 is 17.7 Å². The standard InChI is InChI=1S/C12H11N3O3/c1-8(16)15-7-11(17)14-10(12(15)18)6-9-4-2-3-5-13-9/h2-6H,7H2,1H3,(H,14,17)/b10-6-. The summed E-state index contributed by atoms with van der Waals surface area (Å²) in [6.45, 7) is 1.00. The highest BCUT2D eigenvalue weighted by Gasteiger charge is 2.30. The number of hydrogen-bond acceptors (Lipinski definition) is 4. The van der Waals surface area contributed by atoms with Crippen molar-refractivity contribution in [2.24, 2.45) is 0 Å². The minimum atomic E-state index is -0.521. The molecule has 1 fully saturated rings. The van der Waals surface area contributed by atoms with Crippen LogP contribution in [0.1, 0.15) is 12.6 Å². The van der Waals surface area contributed by atoms with Crippen LogP contribution in [0.25, 0.3) is 6.08 Å². The highest BCUT2D eigenvalue weighted by Crippen LogP contribution is 2.09. The summed E-state index contributed by atoms with van der Waals surface area (Å²) < 4.78 is 0. The molecular weight excluding hydrogens is 234 g/mol. The third kappa shape index (κ3) is 2.42. The van der Waals surface area contributed by atoms with Crippen LogP contribution in [-0.2, 0) is 14.4 Å². The zero-order valence-corrected chi connectivity index (χ0v) is 9.71. The number of nitrogens with zero attached hydrogens (tertiary/aromatic N) is 2. The maximum atomic E-state index is 11.9. The molecule has 1 aliphatic heterocycles. The minimum Gasteiger partial charge on any atom is -0.320 e. The molecule has 92 valence electrons. The van der Waals surface area contributed by atoms with Crippen LogP contribution in [0.4, 0.5) is 0 Å². The molecule has 1 aromatic rings. The van der Waals surface area contributed by atoms with Crippen LogP contribution in [0.3, 0.4) is 0 Å². The van der Waals surface area contributed by atoms with E-state index in [9.17, 15) is 14.4 Å². The Labute approximate surface area is 103 Å². The second kappa shape index (κ2) is 4.79. The lowest BCUT2D eigenvalue weighted by molar-refractivity contribution is -0.147. The molecule has 1 N–H and O–H groups in total. The van der Waals surface area contributed by atoms with Crippen molar-refractivity contribution >= 4 is 23.8 Å². The average Bonchev–Trinajstić information content (AvgIpc) is 2.34. The van der Waals surface area contributed by atoms with Crippen molar-refractivity contribution in [3.63, 3.8) is 0 Å². The maximum Gasteiger partial charge on any atom is 0.277 e. The monoisotopic (exact) mass is 245 g/mol. The van der Waals surface area contributed by atoms with Crippen molar-refractivity contribution in [1.29, 1.82) is 0 Å². The zero-order chi connectivity index (χ0) is 13.1. The SMILES string of the molecule is CC(=O)N1CC(=O)N/C(=C\c2ccccn2)C1=O. The summed E-state index contributed by atoms with van der Waals surface area (Å²) in [5, 5.41) is 2.44. The molecule has 6 heteroatoms. The Morgan fingerprint density at radius 3 is 2.83 bits per heavy atom. The smallest absolute Gasteiger partial charge is 0.277 e. The Bertz CT molecular complexity index is 537. The third-order valence-corrected chi connectivity index (χ3v) is 2.41. The molecule has 1 aromatic heterocycles. The normalized spacial score (nSPS) is 17.8. The summed E-state index contributed by atoms with van der Waals surface area (Å²) in [7, 11) is 0. The van der Waals surface area contributed by atoms with Gasteiger partial charge in [-0.3, -0.25) is 24.3 Å². The second-order valence-corrected chi connectivity index (χ2v) is 3.77. The summed E-state index contributed by atoms with van der Waals surface area (Å²) in [5.74, 6) is -1.37. The van der Waals surface area contributed by atoms with Gasteiger partial charge in [0.25, 0.3) is 5.91 Å². The van der Waals surface area contributed by atoms with E-state index in [0.717, 1.165) is 4.90 Å². The second-order valence-electron chi connectivity index (χ2n) is 3.77. The molecule has 0 unspecified atom stereocenters. The van der Waals surface area contributed by atoms with Gasteiger partial charge in [-0.1, -0.05) is 6.07 Å². The van der Waals surface area contributed by atoms with E-state index in [1.165, 1.54) is 13.0 Å². The van der Waals surface area contributed by atoms with Crippen molar-refractivity contribution in [1.82, 2.24) is 15.2 Å². The van der Waals surface area contributed by atoms with Crippen LogP contribution in [0.5, 0.6) is 0 Å². The average molecular weight is 245 g/mol. The van der Waals surface area contributed by atoms with E-state index in [1.54, 1.807) is 24.4 Å². The van der Waals surface area contributed by atoms with Crippen molar-refractivity contribution in [3.8, 4) is 0 Å². The van der Waals surface area contributed by atoms with Crippen LogP contribution in [0.15, 0.2) is 30.1 Å². The molecule has 0 atom stereocenters. The van der Waals surface area contributed by atoms with Crippen molar-refractivity contribution in [2.45, 2.75) is 6.92 Å². The van der Waals surface area contributed by atoms with Gasteiger partial charge >= 0.3 is 0 Å². The number of carbonyl (C=O) groups excluding carboxylic acids is 3. The van der Waals surface area contributed by atoms with Gasteiger partial charge in [0.1, 0.15) is 12.2 Å². The lowest BCUT2D eigenvalue weighted by atomic mass is 10.2. The minimum absolute atomic E-state index is 0.0557. The fourth-order valence-corrected chi connectivity index (χ4v) is 1.57. The van der Waals surface area contributed by atoms with Gasteiger partial charge in [0, 0.05) is 13.1 Å². The van der Waals surface area contributed by atoms with Crippen LogP contribution >= 0.6 is 0 Å². The van der Waals surface area contributed by atoms with Gasteiger partial charge in [0.05, 0.1) is 5.69 Å². The summed E-state index contributed by atoms with van der Waals surface area (Å²) in [6, 6.07) is 5.20. The molecule has 0 saturated carbocycles. The Balaban J connectivity index is 2.32.